The molecule has 190 valence electrons. The average molecular weight is 494 g/mol. The van der Waals surface area contributed by atoms with Crippen LogP contribution in [0.4, 0.5) is 4.39 Å². The molecule has 7 heteroatoms. The lowest BCUT2D eigenvalue weighted by molar-refractivity contribution is -0.141. The second-order valence-corrected chi connectivity index (χ2v) is 8.63. The fourth-order valence-electron chi connectivity index (χ4n) is 2.70. The van der Waals surface area contributed by atoms with Crippen molar-refractivity contribution in [3.8, 4) is 5.75 Å². The summed E-state index contributed by atoms with van der Waals surface area (Å²) in [5.41, 5.74) is 1.88. The molecule has 0 atom stereocenters. The number of amides is 1. The van der Waals surface area contributed by atoms with Crippen LogP contribution in [-0.4, -0.2) is 25.1 Å². The van der Waals surface area contributed by atoms with Crippen molar-refractivity contribution < 1.29 is 28.2 Å². The molecule has 0 aliphatic heterocycles. The number of hydrogen-bond donors (Lipinski definition) is 1. The summed E-state index contributed by atoms with van der Waals surface area (Å²) in [5, 5.41) is 2.32. The molecule has 0 heterocycles. The fraction of sp³-hybridized carbons (Fsp3) is 0.241. The molecule has 0 aliphatic rings. The molecule has 0 bridgehead atoms. The second-order valence-electron chi connectivity index (χ2n) is 8.63. The summed E-state index contributed by atoms with van der Waals surface area (Å²) in [7, 11) is 1.71. The monoisotopic (exact) mass is 493 g/mol. The van der Waals surface area contributed by atoms with Gasteiger partial charge in [0.25, 0.3) is 0 Å². The largest absolute Gasteiger partial charge is 0.485 e. The van der Waals surface area contributed by atoms with E-state index in [9.17, 15) is 14.0 Å². The normalized spacial score (nSPS) is 11.1. The highest BCUT2D eigenvalue weighted by molar-refractivity contribution is 5.95. The Morgan fingerprint density at radius 2 is 1.44 bits per heavy atom. The molecule has 0 radical (unpaired) electrons. The van der Waals surface area contributed by atoms with E-state index < -0.39 is 11.8 Å². The zero-order chi connectivity index (χ0) is 26.4. The number of rotatable bonds is 9. The molecule has 1 N–H and O–H groups in total. The highest BCUT2D eigenvalue weighted by atomic mass is 19.1. The van der Waals surface area contributed by atoms with Crippen molar-refractivity contribution in [2.24, 2.45) is 0 Å². The molecule has 0 aliphatic carbocycles. The number of hydrogen-bond acceptors (Lipinski definition) is 5. The van der Waals surface area contributed by atoms with E-state index in [1.165, 1.54) is 18.2 Å². The summed E-state index contributed by atoms with van der Waals surface area (Å²) >= 11 is 0. The van der Waals surface area contributed by atoms with Gasteiger partial charge >= 0.3 is 5.97 Å². The average Bonchev–Trinajstić information content (AvgIpc) is 2.88. The van der Waals surface area contributed by atoms with Crippen molar-refractivity contribution in [2.45, 2.75) is 39.6 Å². The van der Waals surface area contributed by atoms with Crippen LogP contribution in [0.3, 0.4) is 0 Å². The first kappa shape index (κ1) is 28.3. The Balaban J connectivity index is 0.000000678. The van der Waals surface area contributed by atoms with Crippen molar-refractivity contribution in [2.75, 3.05) is 7.11 Å². The molecule has 6 nitrogen and oxygen atoms in total. The standard InChI is InChI=1S/C24H20FNO4.C5H12O/c25-21-13-7-12-20(23(21)29-15-18-8-3-1-4-9-18)14-22(26-17-27)24(28)30-16-19-10-5-2-6-11-19;1-5(2,3)6-4/h1-14,17H,15-16H2,(H,26,27);1-4H3/b22-14-;. The number of para-hydroxylation sites is 1. The molecule has 0 fully saturated rings. The number of esters is 1. The lowest BCUT2D eigenvalue weighted by atomic mass is 10.1. The number of halogens is 1. The van der Waals surface area contributed by atoms with Crippen molar-refractivity contribution in [3.63, 3.8) is 0 Å². The zero-order valence-corrected chi connectivity index (χ0v) is 21.0. The Morgan fingerprint density at radius 3 is 1.97 bits per heavy atom. The smallest absolute Gasteiger partial charge is 0.355 e. The molecule has 3 aromatic rings. The van der Waals surface area contributed by atoms with Crippen LogP contribution >= 0.6 is 0 Å². The third-order valence-electron chi connectivity index (χ3n) is 4.78. The minimum Gasteiger partial charge on any atom is -0.485 e. The Labute approximate surface area is 211 Å². The van der Waals surface area contributed by atoms with Crippen LogP contribution in [0.1, 0.15) is 37.5 Å². The SMILES string of the molecule is COC(C)(C)C.O=CN/C(=C\c1cccc(F)c1OCc1ccccc1)C(=O)OCc1ccccc1. The molecule has 3 rings (SSSR count). The van der Waals surface area contributed by atoms with Crippen LogP contribution in [0, 0.1) is 5.82 Å². The third-order valence-corrected chi connectivity index (χ3v) is 4.78. The van der Waals surface area contributed by atoms with E-state index in [1.807, 2.05) is 81.4 Å². The van der Waals surface area contributed by atoms with Crippen LogP contribution in [0.5, 0.6) is 5.75 Å². The molecular weight excluding hydrogens is 461 g/mol. The molecule has 0 aromatic heterocycles. The van der Waals surface area contributed by atoms with Crippen molar-refractivity contribution in [3.05, 3.63) is 107 Å². The molecule has 1 amide bonds. The van der Waals surface area contributed by atoms with E-state index in [4.69, 9.17) is 14.2 Å². The molecule has 0 saturated carbocycles. The van der Waals surface area contributed by atoms with E-state index >= 15 is 0 Å². The molecule has 0 spiro atoms. The maximum atomic E-state index is 14.4. The van der Waals surface area contributed by atoms with Gasteiger partial charge in [-0.05, 0) is 44.0 Å². The van der Waals surface area contributed by atoms with Crippen molar-refractivity contribution in [1.29, 1.82) is 0 Å². The Morgan fingerprint density at radius 1 is 0.889 bits per heavy atom. The van der Waals surface area contributed by atoms with Crippen molar-refractivity contribution in [1.82, 2.24) is 5.32 Å². The topological polar surface area (TPSA) is 73.9 Å². The predicted octanol–water partition coefficient (Wildman–Crippen LogP) is 5.67. The fourth-order valence-corrected chi connectivity index (χ4v) is 2.70. The van der Waals surface area contributed by atoms with Crippen LogP contribution in [0.2, 0.25) is 0 Å². The quantitative estimate of drug-likeness (QED) is 0.236. The Hall–Kier alpha value is -3.97. The van der Waals surface area contributed by atoms with E-state index in [0.717, 1.165) is 11.1 Å². The third kappa shape index (κ3) is 10.1. The van der Waals surface area contributed by atoms with Gasteiger partial charge in [0.05, 0.1) is 5.60 Å². The molecule has 0 unspecified atom stereocenters. The highest BCUT2D eigenvalue weighted by Crippen LogP contribution is 2.26. The van der Waals surface area contributed by atoms with Crippen LogP contribution in [0.25, 0.3) is 6.08 Å². The van der Waals surface area contributed by atoms with Gasteiger partial charge in [-0.1, -0.05) is 72.8 Å². The highest BCUT2D eigenvalue weighted by Gasteiger charge is 2.15. The lowest BCUT2D eigenvalue weighted by Gasteiger charge is -2.14. The number of carbonyl (C=O) groups excluding carboxylic acids is 2. The first-order chi connectivity index (χ1) is 17.2. The number of ether oxygens (including phenoxy) is 3. The van der Waals surface area contributed by atoms with Gasteiger partial charge in [-0.2, -0.15) is 0 Å². The van der Waals surface area contributed by atoms with Crippen LogP contribution < -0.4 is 10.1 Å². The number of carbonyl (C=O) groups is 2. The molecule has 0 saturated heterocycles. The first-order valence-corrected chi connectivity index (χ1v) is 11.4. The summed E-state index contributed by atoms with van der Waals surface area (Å²) in [4.78, 5) is 23.4. The van der Waals surface area contributed by atoms with Gasteiger partial charge in [-0.15, -0.1) is 0 Å². The van der Waals surface area contributed by atoms with Gasteiger partial charge in [0.2, 0.25) is 6.41 Å². The number of benzene rings is 3. The summed E-state index contributed by atoms with van der Waals surface area (Å²) in [6.45, 7) is 6.25. The zero-order valence-electron chi connectivity index (χ0n) is 21.0. The Bertz CT molecular complexity index is 1130. The number of methoxy groups -OCH3 is 1. The minimum absolute atomic E-state index is 0.0255. The lowest BCUT2D eigenvalue weighted by Crippen LogP contribution is -2.21. The van der Waals surface area contributed by atoms with Gasteiger partial charge in [0.15, 0.2) is 11.6 Å². The van der Waals surface area contributed by atoms with E-state index in [-0.39, 0.29) is 30.3 Å². The first-order valence-electron chi connectivity index (χ1n) is 11.4. The summed E-state index contributed by atoms with van der Waals surface area (Å²) < 4.78 is 30.2. The number of nitrogens with one attached hydrogen (secondary N) is 1. The van der Waals surface area contributed by atoms with Gasteiger partial charge < -0.3 is 19.5 Å². The van der Waals surface area contributed by atoms with Crippen LogP contribution in [0.15, 0.2) is 84.6 Å². The van der Waals surface area contributed by atoms with E-state index in [0.29, 0.717) is 12.0 Å². The predicted molar refractivity (Wildman–Crippen MR) is 137 cm³/mol. The van der Waals surface area contributed by atoms with Gasteiger partial charge in [0.1, 0.15) is 18.9 Å². The summed E-state index contributed by atoms with van der Waals surface area (Å²) in [6.07, 6.45) is 1.69. The second kappa shape index (κ2) is 14.4. The molecular formula is C29H32FNO5. The maximum Gasteiger partial charge on any atom is 0.355 e. The maximum absolute atomic E-state index is 14.4. The van der Waals surface area contributed by atoms with Crippen LogP contribution in [-0.2, 0) is 32.3 Å². The minimum atomic E-state index is -0.746. The Kier molecular flexibility index (Phi) is 11.3. The summed E-state index contributed by atoms with van der Waals surface area (Å²) in [6, 6.07) is 22.8. The van der Waals surface area contributed by atoms with E-state index in [2.05, 4.69) is 5.32 Å². The summed E-state index contributed by atoms with van der Waals surface area (Å²) in [5.74, 6) is -1.35. The van der Waals surface area contributed by atoms with Gasteiger partial charge in [-0.3, -0.25) is 4.79 Å². The van der Waals surface area contributed by atoms with Crippen molar-refractivity contribution >= 4 is 18.5 Å². The van der Waals surface area contributed by atoms with Gasteiger partial charge in [-0.25, -0.2) is 9.18 Å². The van der Waals surface area contributed by atoms with E-state index in [1.54, 1.807) is 13.2 Å². The molecule has 3 aromatic carbocycles. The molecule has 36 heavy (non-hydrogen) atoms. The van der Waals surface area contributed by atoms with Gasteiger partial charge in [0, 0.05) is 12.7 Å².